The number of hydrogen-bond acceptors (Lipinski definition) is 3. The summed E-state index contributed by atoms with van der Waals surface area (Å²) in [6.45, 7) is 0. The maximum atomic E-state index is 12.4. The first-order valence-electron chi connectivity index (χ1n) is 8.61. The van der Waals surface area contributed by atoms with Crippen molar-refractivity contribution in [2.75, 3.05) is 0 Å². The molecule has 1 saturated carbocycles. The van der Waals surface area contributed by atoms with Crippen molar-refractivity contribution in [1.82, 2.24) is 5.32 Å². The van der Waals surface area contributed by atoms with Crippen LogP contribution in [0.4, 0.5) is 0 Å². The zero-order valence-corrected chi connectivity index (χ0v) is 14.0. The van der Waals surface area contributed by atoms with Gasteiger partial charge >= 0.3 is 0 Å². The molecule has 2 aromatic rings. The van der Waals surface area contributed by atoms with Gasteiger partial charge in [-0.3, -0.25) is 14.4 Å². The molecule has 25 heavy (non-hydrogen) atoms. The van der Waals surface area contributed by atoms with Gasteiger partial charge in [0.2, 0.25) is 11.8 Å². The minimum absolute atomic E-state index is 0.131. The van der Waals surface area contributed by atoms with E-state index in [1.54, 1.807) is 0 Å². The van der Waals surface area contributed by atoms with E-state index in [1.165, 1.54) is 0 Å². The minimum atomic E-state index is -0.780. The number of benzene rings is 2. The van der Waals surface area contributed by atoms with Gasteiger partial charge in [0.25, 0.3) is 0 Å². The summed E-state index contributed by atoms with van der Waals surface area (Å²) in [5.74, 6) is -0.894. The molecule has 5 nitrogen and oxygen atoms in total. The zero-order valence-electron chi connectivity index (χ0n) is 14.0. The lowest BCUT2D eigenvalue weighted by atomic mass is 9.82. The Kier molecular flexibility index (Phi) is 5.12. The Bertz CT molecular complexity index is 815. The van der Waals surface area contributed by atoms with Crippen molar-refractivity contribution < 1.29 is 14.4 Å². The van der Waals surface area contributed by atoms with Crippen LogP contribution in [0.2, 0.25) is 0 Å². The monoisotopic (exact) mass is 338 g/mol. The molecule has 0 aliphatic heterocycles. The molecule has 1 aliphatic rings. The number of ketones is 1. The summed E-state index contributed by atoms with van der Waals surface area (Å²) in [7, 11) is 0. The van der Waals surface area contributed by atoms with Gasteiger partial charge in [-0.1, -0.05) is 42.5 Å². The second-order valence-corrected chi connectivity index (χ2v) is 6.70. The molecule has 130 valence electrons. The van der Waals surface area contributed by atoms with Crippen molar-refractivity contribution in [3.63, 3.8) is 0 Å². The van der Waals surface area contributed by atoms with Gasteiger partial charge in [0.15, 0.2) is 0 Å². The highest BCUT2D eigenvalue weighted by Crippen LogP contribution is 2.24. The summed E-state index contributed by atoms with van der Waals surface area (Å²) < 4.78 is 0. The average molecular weight is 338 g/mol. The molecule has 1 fully saturated rings. The van der Waals surface area contributed by atoms with Crippen LogP contribution in [0.25, 0.3) is 10.8 Å². The average Bonchev–Trinajstić information content (AvgIpc) is 2.59. The van der Waals surface area contributed by atoms with E-state index in [1.807, 2.05) is 42.5 Å². The van der Waals surface area contributed by atoms with Crippen LogP contribution in [0.3, 0.4) is 0 Å². The molecular weight excluding hydrogens is 316 g/mol. The number of primary amides is 1. The Morgan fingerprint density at radius 3 is 2.64 bits per heavy atom. The van der Waals surface area contributed by atoms with Crippen molar-refractivity contribution in [1.29, 1.82) is 0 Å². The smallest absolute Gasteiger partial charge is 0.240 e. The fourth-order valence-electron chi connectivity index (χ4n) is 3.52. The first-order chi connectivity index (χ1) is 12.0. The van der Waals surface area contributed by atoms with Crippen molar-refractivity contribution in [3.05, 3.63) is 48.0 Å². The van der Waals surface area contributed by atoms with Crippen molar-refractivity contribution in [2.45, 2.75) is 38.1 Å². The summed E-state index contributed by atoms with van der Waals surface area (Å²) in [5.41, 5.74) is 6.34. The molecule has 2 aromatic carbocycles. The van der Waals surface area contributed by atoms with Crippen molar-refractivity contribution in [3.8, 4) is 0 Å². The van der Waals surface area contributed by atoms with Crippen LogP contribution in [-0.2, 0) is 20.8 Å². The number of hydrogen-bond donors (Lipinski definition) is 2. The van der Waals surface area contributed by atoms with Gasteiger partial charge in [-0.15, -0.1) is 0 Å². The van der Waals surface area contributed by atoms with E-state index >= 15 is 0 Å². The van der Waals surface area contributed by atoms with E-state index in [0.29, 0.717) is 12.8 Å². The summed E-state index contributed by atoms with van der Waals surface area (Å²) in [6, 6.07) is 13.0. The number of rotatable bonds is 5. The number of carbonyl (C=O) groups is 3. The Hall–Kier alpha value is -2.69. The molecule has 0 unspecified atom stereocenters. The maximum Gasteiger partial charge on any atom is 0.240 e. The lowest BCUT2D eigenvalue weighted by Crippen LogP contribution is -2.50. The van der Waals surface area contributed by atoms with Crippen LogP contribution >= 0.6 is 0 Å². The summed E-state index contributed by atoms with van der Waals surface area (Å²) in [6.07, 6.45) is 2.51. The van der Waals surface area contributed by atoms with E-state index < -0.39 is 11.9 Å². The largest absolute Gasteiger partial charge is 0.368 e. The highest BCUT2D eigenvalue weighted by Gasteiger charge is 2.32. The number of nitrogens with two attached hydrogens (primary N) is 1. The van der Waals surface area contributed by atoms with E-state index in [0.717, 1.165) is 29.2 Å². The molecule has 3 rings (SSSR count). The number of fused-ring (bicyclic) bond motifs is 1. The Labute approximate surface area is 146 Å². The van der Waals surface area contributed by atoms with Gasteiger partial charge in [-0.25, -0.2) is 0 Å². The molecule has 0 heterocycles. The highest BCUT2D eigenvalue weighted by atomic mass is 16.2. The molecule has 1 aliphatic carbocycles. The van der Waals surface area contributed by atoms with Gasteiger partial charge in [-0.2, -0.15) is 0 Å². The van der Waals surface area contributed by atoms with Gasteiger partial charge in [-0.05, 0) is 35.1 Å². The van der Waals surface area contributed by atoms with Crippen LogP contribution < -0.4 is 11.1 Å². The Morgan fingerprint density at radius 1 is 1.16 bits per heavy atom. The standard InChI is InChI=1S/C20H22N2O3/c21-20(25)19(16-6-3-7-17(23)12-16)22-18(24)11-13-8-9-14-4-1-2-5-15(14)10-13/h1-2,4-5,8-10,16,19H,3,6-7,11-12H2,(H2,21,25)(H,22,24)/t16-,19+/m0/s1. The normalized spacial score (nSPS) is 18.7. The molecule has 0 spiro atoms. The van der Waals surface area contributed by atoms with Gasteiger partial charge in [0, 0.05) is 12.8 Å². The number of amides is 2. The van der Waals surface area contributed by atoms with Crippen LogP contribution in [-0.4, -0.2) is 23.6 Å². The van der Waals surface area contributed by atoms with E-state index in [9.17, 15) is 14.4 Å². The second kappa shape index (κ2) is 7.47. The first kappa shape index (κ1) is 17.1. The van der Waals surface area contributed by atoms with Crippen molar-refractivity contribution in [2.24, 2.45) is 11.7 Å². The van der Waals surface area contributed by atoms with Crippen LogP contribution in [0.15, 0.2) is 42.5 Å². The summed E-state index contributed by atoms with van der Waals surface area (Å²) >= 11 is 0. The number of nitrogens with one attached hydrogen (secondary N) is 1. The summed E-state index contributed by atoms with van der Waals surface area (Å²) in [4.78, 5) is 35.8. The SMILES string of the molecule is NC(=O)[C@H](NC(=O)Cc1ccc2ccccc2c1)[C@H]1CCCC(=O)C1. The fraction of sp³-hybridized carbons (Fsp3) is 0.350. The first-order valence-corrected chi connectivity index (χ1v) is 8.61. The quantitative estimate of drug-likeness (QED) is 0.875. The Balaban J connectivity index is 1.68. The third-order valence-electron chi connectivity index (χ3n) is 4.79. The zero-order chi connectivity index (χ0) is 17.8. The van der Waals surface area contributed by atoms with E-state index in [2.05, 4.69) is 5.32 Å². The fourth-order valence-corrected chi connectivity index (χ4v) is 3.52. The molecule has 3 N–H and O–H groups in total. The topological polar surface area (TPSA) is 89.3 Å². The van der Waals surface area contributed by atoms with Crippen LogP contribution in [0, 0.1) is 5.92 Å². The summed E-state index contributed by atoms with van der Waals surface area (Å²) in [5, 5.41) is 4.92. The molecule has 2 amide bonds. The van der Waals surface area contributed by atoms with Gasteiger partial charge in [0.05, 0.1) is 6.42 Å². The lowest BCUT2D eigenvalue weighted by molar-refractivity contribution is -0.130. The van der Waals surface area contributed by atoms with Crippen molar-refractivity contribution >= 4 is 28.4 Å². The van der Waals surface area contributed by atoms with E-state index in [-0.39, 0.29) is 24.0 Å². The van der Waals surface area contributed by atoms with E-state index in [4.69, 9.17) is 5.73 Å². The van der Waals surface area contributed by atoms with Gasteiger partial charge < -0.3 is 11.1 Å². The van der Waals surface area contributed by atoms with Gasteiger partial charge in [0.1, 0.15) is 11.8 Å². The van der Waals surface area contributed by atoms with Crippen LogP contribution in [0.1, 0.15) is 31.2 Å². The minimum Gasteiger partial charge on any atom is -0.368 e. The highest BCUT2D eigenvalue weighted by molar-refractivity contribution is 5.90. The van der Waals surface area contributed by atoms with Crippen LogP contribution in [0.5, 0.6) is 0 Å². The molecule has 0 aromatic heterocycles. The maximum absolute atomic E-state index is 12.4. The molecule has 0 saturated heterocycles. The Morgan fingerprint density at radius 2 is 1.92 bits per heavy atom. The lowest BCUT2D eigenvalue weighted by Gasteiger charge is -2.28. The third-order valence-corrected chi connectivity index (χ3v) is 4.79. The predicted molar refractivity (Wildman–Crippen MR) is 95.7 cm³/mol. The molecule has 0 bridgehead atoms. The third kappa shape index (κ3) is 4.24. The molecule has 2 atom stereocenters. The second-order valence-electron chi connectivity index (χ2n) is 6.70. The molecule has 0 radical (unpaired) electrons. The molecular formula is C20H22N2O3. The number of Topliss-reactive ketones (excluding diaryl/α,β-unsaturated/α-hetero) is 1. The molecule has 5 heteroatoms. The number of carbonyl (C=O) groups excluding carboxylic acids is 3. The predicted octanol–water partition coefficient (Wildman–Crippen LogP) is 2.11.